The molecule has 0 saturated heterocycles. The van der Waals surface area contributed by atoms with Gasteiger partial charge in [0.05, 0.1) is 0 Å². The van der Waals surface area contributed by atoms with E-state index in [0.717, 1.165) is 10.0 Å². The van der Waals surface area contributed by atoms with Gasteiger partial charge in [0.2, 0.25) is 5.89 Å². The fraction of sp³-hybridized carbons (Fsp3) is 0.0909. The number of hydrogen-bond donors (Lipinski definition) is 0. The van der Waals surface area contributed by atoms with E-state index in [0.29, 0.717) is 5.89 Å². The van der Waals surface area contributed by atoms with Crippen molar-refractivity contribution < 1.29 is 4.42 Å². The maximum Gasteiger partial charge on any atom is 0.438 e. The van der Waals surface area contributed by atoms with Gasteiger partial charge in [0.1, 0.15) is 6.54 Å². The summed E-state index contributed by atoms with van der Waals surface area (Å²) >= 11 is 5.24. The third kappa shape index (κ3) is 2.98. The van der Waals surface area contributed by atoms with Crippen molar-refractivity contribution in [1.29, 1.82) is 0 Å². The van der Waals surface area contributed by atoms with E-state index in [-0.39, 0.29) is 6.54 Å². The number of nitrogens with zero attached hydrogens (tertiary/aromatic N) is 2. The normalized spacial score (nSPS) is 9.76. The van der Waals surface area contributed by atoms with E-state index in [2.05, 4.69) is 30.9 Å². The molecule has 0 saturated carbocycles. The first kappa shape index (κ1) is 12.4. The molecule has 1 heterocycles. The van der Waals surface area contributed by atoms with Crippen LogP contribution >= 0.6 is 38.5 Å². The highest BCUT2D eigenvalue weighted by Crippen LogP contribution is 2.18. The van der Waals surface area contributed by atoms with Crippen LogP contribution in [0.15, 0.2) is 37.9 Å². The Morgan fingerprint density at radius 1 is 1.41 bits per heavy atom. The maximum absolute atomic E-state index is 11.4. The maximum atomic E-state index is 11.4. The number of aromatic nitrogens is 2. The molecule has 0 aliphatic carbocycles. The first-order valence-electron chi connectivity index (χ1n) is 4.63. The Morgan fingerprint density at radius 3 is 2.76 bits per heavy atom. The van der Waals surface area contributed by atoms with Gasteiger partial charge in [-0.1, -0.05) is 21.9 Å². The van der Waals surface area contributed by atoms with Gasteiger partial charge in [-0.15, -0.1) is 5.10 Å². The third-order valence-corrected chi connectivity index (χ3v) is 2.90. The molecule has 2 aromatic rings. The highest BCUT2D eigenvalue weighted by Gasteiger charge is 2.08. The molecule has 0 fully saturated rings. The summed E-state index contributed by atoms with van der Waals surface area (Å²) in [5.74, 6) is 2.55. The first-order valence-corrected chi connectivity index (χ1v) is 6.50. The van der Waals surface area contributed by atoms with E-state index in [1.807, 2.05) is 46.9 Å². The highest BCUT2D eigenvalue weighted by atomic mass is 127. The Balaban J connectivity index is 2.36. The molecule has 0 radical (unpaired) electrons. The van der Waals surface area contributed by atoms with E-state index < -0.39 is 5.76 Å². The van der Waals surface area contributed by atoms with Crippen LogP contribution in [0.3, 0.4) is 0 Å². The standard InChI is InChI=1S/C11H6BrIN2O2/c12-9-4-2-8(3-5-9)10-14-15(7-1-6-13)11(16)17-10/h2-5H,7H2. The minimum absolute atomic E-state index is 0.238. The van der Waals surface area contributed by atoms with Gasteiger partial charge < -0.3 is 4.42 Å². The summed E-state index contributed by atoms with van der Waals surface area (Å²) in [6, 6.07) is 7.37. The van der Waals surface area contributed by atoms with Crippen molar-refractivity contribution in [2.45, 2.75) is 6.54 Å². The minimum Gasteiger partial charge on any atom is -0.388 e. The molecule has 0 bridgehead atoms. The van der Waals surface area contributed by atoms with Gasteiger partial charge in [-0.25, -0.2) is 4.79 Å². The monoisotopic (exact) mass is 404 g/mol. The van der Waals surface area contributed by atoms with Crippen LogP contribution in [-0.2, 0) is 6.54 Å². The minimum atomic E-state index is -0.498. The smallest absolute Gasteiger partial charge is 0.388 e. The van der Waals surface area contributed by atoms with Crippen molar-refractivity contribution in [3.63, 3.8) is 0 Å². The zero-order valence-corrected chi connectivity index (χ0v) is 12.2. The van der Waals surface area contributed by atoms with Crippen LogP contribution in [0.2, 0.25) is 0 Å². The number of hydrogen-bond acceptors (Lipinski definition) is 3. The summed E-state index contributed by atoms with van der Waals surface area (Å²) in [6.07, 6.45) is 0. The zero-order valence-electron chi connectivity index (χ0n) is 8.48. The molecule has 6 heteroatoms. The Bertz CT molecular complexity index is 634. The lowest BCUT2D eigenvalue weighted by Crippen LogP contribution is -2.14. The first-order chi connectivity index (χ1) is 8.20. The summed E-state index contributed by atoms with van der Waals surface area (Å²) in [4.78, 5) is 11.4. The fourth-order valence-electron chi connectivity index (χ4n) is 1.22. The number of rotatable bonds is 2. The summed E-state index contributed by atoms with van der Waals surface area (Å²) in [5, 5.41) is 4.06. The molecule has 2 rings (SSSR count). The van der Waals surface area contributed by atoms with Gasteiger partial charge in [-0.05, 0) is 28.2 Å². The van der Waals surface area contributed by atoms with Crippen LogP contribution in [0, 0.1) is 9.85 Å². The van der Waals surface area contributed by atoms with Crippen molar-refractivity contribution >= 4 is 38.5 Å². The molecule has 1 aromatic heterocycles. The van der Waals surface area contributed by atoms with Gasteiger partial charge >= 0.3 is 5.76 Å². The van der Waals surface area contributed by atoms with Crippen LogP contribution in [0.25, 0.3) is 11.5 Å². The van der Waals surface area contributed by atoms with E-state index in [1.54, 1.807) is 0 Å². The van der Waals surface area contributed by atoms with Gasteiger partial charge in [0.15, 0.2) is 0 Å². The number of benzene rings is 1. The average molecular weight is 405 g/mol. The van der Waals surface area contributed by atoms with Crippen molar-refractivity contribution in [3.05, 3.63) is 39.3 Å². The van der Waals surface area contributed by atoms with Crippen LogP contribution in [0.5, 0.6) is 0 Å². The lowest BCUT2D eigenvalue weighted by Gasteiger charge is -1.93. The topological polar surface area (TPSA) is 48.0 Å². The predicted molar refractivity (Wildman–Crippen MR) is 75.7 cm³/mol. The van der Waals surface area contributed by atoms with E-state index >= 15 is 0 Å². The zero-order chi connectivity index (χ0) is 12.3. The van der Waals surface area contributed by atoms with Gasteiger partial charge in [-0.3, -0.25) is 0 Å². The van der Waals surface area contributed by atoms with Gasteiger partial charge in [0.25, 0.3) is 0 Å². The molecule has 0 aliphatic heterocycles. The quantitative estimate of drug-likeness (QED) is 0.571. The van der Waals surface area contributed by atoms with Crippen LogP contribution in [-0.4, -0.2) is 9.78 Å². The Kier molecular flexibility index (Phi) is 4.02. The highest BCUT2D eigenvalue weighted by molar-refractivity contribution is 14.1. The number of halogens is 2. The molecule has 1 aromatic carbocycles. The lowest BCUT2D eigenvalue weighted by molar-refractivity contribution is 0.499. The summed E-state index contributed by atoms with van der Waals surface area (Å²) < 4.78 is 9.88. The molecule has 0 atom stereocenters. The van der Waals surface area contributed by atoms with Gasteiger partial charge in [-0.2, -0.15) is 4.68 Å². The van der Waals surface area contributed by atoms with Crippen molar-refractivity contribution in [2.75, 3.05) is 0 Å². The molecular weight excluding hydrogens is 399 g/mol. The molecule has 0 unspecified atom stereocenters. The molecule has 0 N–H and O–H groups in total. The summed E-state index contributed by atoms with van der Waals surface area (Å²) in [6.45, 7) is 0.238. The van der Waals surface area contributed by atoms with Crippen molar-refractivity contribution in [2.24, 2.45) is 0 Å². The lowest BCUT2D eigenvalue weighted by atomic mass is 10.2. The second-order valence-electron chi connectivity index (χ2n) is 3.11. The van der Waals surface area contributed by atoms with E-state index in [9.17, 15) is 4.79 Å². The Morgan fingerprint density at radius 2 is 2.12 bits per heavy atom. The van der Waals surface area contributed by atoms with Crippen molar-refractivity contribution in [3.8, 4) is 21.3 Å². The van der Waals surface area contributed by atoms with Crippen LogP contribution in [0.4, 0.5) is 0 Å². The van der Waals surface area contributed by atoms with Gasteiger partial charge in [0, 0.05) is 32.6 Å². The second-order valence-corrected chi connectivity index (χ2v) is 4.56. The van der Waals surface area contributed by atoms with Crippen molar-refractivity contribution in [1.82, 2.24) is 9.78 Å². The Labute approximate surface area is 119 Å². The molecule has 17 heavy (non-hydrogen) atoms. The largest absolute Gasteiger partial charge is 0.438 e. The third-order valence-electron chi connectivity index (χ3n) is 1.99. The average Bonchev–Trinajstić information content (AvgIpc) is 2.69. The van der Waals surface area contributed by atoms with E-state index in [4.69, 9.17) is 4.42 Å². The molecule has 0 amide bonds. The predicted octanol–water partition coefficient (Wildman–Crippen LogP) is 2.66. The molecule has 0 aliphatic rings. The molecule has 4 nitrogen and oxygen atoms in total. The molecular formula is C11H6BrIN2O2. The molecule has 86 valence electrons. The Hall–Kier alpha value is -1.07. The summed E-state index contributed by atoms with van der Waals surface area (Å²) in [7, 11) is 0. The van der Waals surface area contributed by atoms with Crippen LogP contribution in [0.1, 0.15) is 0 Å². The second kappa shape index (κ2) is 5.51. The van der Waals surface area contributed by atoms with E-state index in [1.165, 1.54) is 4.68 Å². The van der Waals surface area contributed by atoms with Crippen LogP contribution < -0.4 is 5.76 Å². The molecule has 0 spiro atoms. The fourth-order valence-corrected chi connectivity index (χ4v) is 1.65. The summed E-state index contributed by atoms with van der Waals surface area (Å²) in [5.41, 5.74) is 0.756. The SMILES string of the molecule is O=c1oc(-c2ccc(Br)cc2)nn1CC#CI.